The molecule has 4 rings (SSSR count). The highest BCUT2D eigenvalue weighted by Gasteiger charge is 2.34. The van der Waals surface area contributed by atoms with Gasteiger partial charge < -0.3 is 0 Å². The van der Waals surface area contributed by atoms with Crippen LogP contribution in [0.2, 0.25) is 0 Å². The fourth-order valence-electron chi connectivity index (χ4n) is 3.04. The van der Waals surface area contributed by atoms with Gasteiger partial charge in [-0.3, -0.25) is 20.7 Å². The Balaban J connectivity index is 1.74. The number of fused-ring (bicyclic) bond motifs is 1. The average molecular weight is 290 g/mol. The van der Waals surface area contributed by atoms with Gasteiger partial charge in [0.2, 0.25) is 0 Å². The Morgan fingerprint density at radius 3 is 2.73 bits per heavy atom. The van der Waals surface area contributed by atoms with Gasteiger partial charge in [-0.2, -0.15) is 0 Å². The van der Waals surface area contributed by atoms with Crippen LogP contribution in [-0.4, -0.2) is 16.7 Å². The zero-order valence-electron chi connectivity index (χ0n) is 12.3. The minimum Gasteiger partial charge on any atom is -0.288 e. The van der Waals surface area contributed by atoms with E-state index in [1.165, 1.54) is 5.56 Å². The molecule has 0 saturated heterocycles. The molecular weight excluding hydrogens is 272 g/mol. The van der Waals surface area contributed by atoms with E-state index in [0.717, 1.165) is 36.1 Å². The molecule has 0 amide bonds. The van der Waals surface area contributed by atoms with Gasteiger partial charge in [-0.05, 0) is 54.2 Å². The molecule has 22 heavy (non-hydrogen) atoms. The first-order valence-corrected chi connectivity index (χ1v) is 7.73. The topological polar surface area (TPSA) is 63.8 Å². The maximum absolute atomic E-state index is 8.35. The Morgan fingerprint density at radius 2 is 2.00 bits per heavy atom. The van der Waals surface area contributed by atoms with Gasteiger partial charge in [-0.15, -0.1) is 0 Å². The van der Waals surface area contributed by atoms with E-state index in [1.54, 1.807) is 6.20 Å². The zero-order valence-corrected chi connectivity index (χ0v) is 12.3. The summed E-state index contributed by atoms with van der Waals surface area (Å²) in [6.07, 6.45) is 7.41. The van der Waals surface area contributed by atoms with Crippen LogP contribution in [-0.2, 0) is 6.42 Å². The molecule has 2 heterocycles. The van der Waals surface area contributed by atoms with E-state index in [0.29, 0.717) is 24.0 Å². The maximum atomic E-state index is 8.35. The molecule has 1 aromatic carbocycles. The number of anilines is 1. The molecule has 4 heteroatoms. The molecule has 2 aromatic rings. The number of aryl methyl sites for hydroxylation is 1. The third kappa shape index (κ3) is 2.21. The first-order valence-electron chi connectivity index (χ1n) is 7.73. The zero-order chi connectivity index (χ0) is 15.1. The Morgan fingerprint density at radius 1 is 1.14 bits per heavy atom. The molecule has 110 valence electrons. The van der Waals surface area contributed by atoms with Crippen molar-refractivity contribution in [2.45, 2.75) is 25.7 Å². The van der Waals surface area contributed by atoms with Crippen LogP contribution in [0.1, 0.15) is 24.8 Å². The van der Waals surface area contributed by atoms with E-state index < -0.39 is 0 Å². The molecule has 1 saturated carbocycles. The minimum absolute atomic E-state index is 0.351. The summed E-state index contributed by atoms with van der Waals surface area (Å²) in [5, 5.41) is 16.6. The number of hydrogen-bond donors (Lipinski definition) is 2. The Hall–Kier alpha value is -2.49. The lowest BCUT2D eigenvalue weighted by Gasteiger charge is -2.32. The van der Waals surface area contributed by atoms with E-state index in [4.69, 9.17) is 10.8 Å². The highest BCUT2D eigenvalue weighted by Crippen LogP contribution is 2.37. The standard InChI is InChI=1S/C18H18N4/c19-17-8-6-14-10-13(15-2-1-9-21-11-15)5-7-16(14)22(17)18(20)12-3-4-12/h1-2,5,7,9-12,19-20H,3-4,6,8H2. The molecule has 1 aromatic heterocycles. The summed E-state index contributed by atoms with van der Waals surface area (Å²) in [6.45, 7) is 0. The van der Waals surface area contributed by atoms with Crippen molar-refractivity contribution >= 4 is 17.4 Å². The summed E-state index contributed by atoms with van der Waals surface area (Å²) in [5.74, 6) is 1.50. The summed E-state index contributed by atoms with van der Waals surface area (Å²) in [5.41, 5.74) is 4.50. The second-order valence-corrected chi connectivity index (χ2v) is 6.03. The van der Waals surface area contributed by atoms with Gasteiger partial charge >= 0.3 is 0 Å². The molecule has 0 atom stereocenters. The number of hydrogen-bond acceptors (Lipinski definition) is 3. The lowest BCUT2D eigenvalue weighted by molar-refractivity contribution is 0.953. The number of nitrogens with zero attached hydrogens (tertiary/aromatic N) is 2. The maximum Gasteiger partial charge on any atom is 0.109 e. The smallest absolute Gasteiger partial charge is 0.109 e. The first kappa shape index (κ1) is 13.2. The lowest BCUT2D eigenvalue weighted by Crippen LogP contribution is -2.40. The number of amidine groups is 2. The van der Waals surface area contributed by atoms with E-state index in [9.17, 15) is 0 Å². The van der Waals surface area contributed by atoms with Crippen molar-refractivity contribution in [2.24, 2.45) is 5.92 Å². The molecular formula is C18H18N4. The Labute approximate surface area is 129 Å². The molecule has 0 unspecified atom stereocenters. The van der Waals surface area contributed by atoms with Crippen LogP contribution < -0.4 is 4.90 Å². The van der Waals surface area contributed by atoms with Crippen molar-refractivity contribution in [3.8, 4) is 11.1 Å². The van der Waals surface area contributed by atoms with E-state index in [1.807, 2.05) is 17.2 Å². The fourth-order valence-corrected chi connectivity index (χ4v) is 3.04. The lowest BCUT2D eigenvalue weighted by atomic mass is 9.96. The molecule has 1 aliphatic heterocycles. The van der Waals surface area contributed by atoms with Gasteiger partial charge in [0.1, 0.15) is 11.7 Å². The predicted molar refractivity (Wildman–Crippen MR) is 88.7 cm³/mol. The van der Waals surface area contributed by atoms with E-state index in [-0.39, 0.29) is 0 Å². The summed E-state index contributed by atoms with van der Waals surface area (Å²) < 4.78 is 0. The van der Waals surface area contributed by atoms with Gasteiger partial charge in [0.15, 0.2) is 0 Å². The second-order valence-electron chi connectivity index (χ2n) is 6.03. The van der Waals surface area contributed by atoms with Crippen molar-refractivity contribution in [1.29, 1.82) is 10.8 Å². The van der Waals surface area contributed by atoms with Crippen LogP contribution in [0.3, 0.4) is 0 Å². The molecule has 0 radical (unpaired) electrons. The van der Waals surface area contributed by atoms with Crippen LogP contribution in [0, 0.1) is 16.7 Å². The van der Waals surface area contributed by atoms with Gasteiger partial charge in [0.25, 0.3) is 0 Å². The normalized spacial score (nSPS) is 17.3. The minimum atomic E-state index is 0.351. The number of benzene rings is 1. The number of pyridine rings is 1. The molecule has 2 aliphatic rings. The van der Waals surface area contributed by atoms with Crippen molar-refractivity contribution in [3.05, 3.63) is 48.3 Å². The van der Waals surface area contributed by atoms with Crippen LogP contribution in [0.15, 0.2) is 42.7 Å². The highest BCUT2D eigenvalue weighted by molar-refractivity contribution is 6.19. The number of nitrogens with one attached hydrogen (secondary N) is 2. The van der Waals surface area contributed by atoms with Crippen LogP contribution >= 0.6 is 0 Å². The molecule has 2 N–H and O–H groups in total. The highest BCUT2D eigenvalue weighted by atomic mass is 15.2. The Kier molecular flexibility index (Phi) is 3.03. The molecule has 4 nitrogen and oxygen atoms in total. The van der Waals surface area contributed by atoms with Gasteiger partial charge in [-0.1, -0.05) is 12.1 Å². The Bertz CT molecular complexity index is 747. The third-order valence-corrected chi connectivity index (χ3v) is 4.42. The monoisotopic (exact) mass is 290 g/mol. The van der Waals surface area contributed by atoms with Crippen molar-refractivity contribution in [2.75, 3.05) is 4.90 Å². The largest absolute Gasteiger partial charge is 0.288 e. The van der Waals surface area contributed by atoms with Crippen molar-refractivity contribution in [3.63, 3.8) is 0 Å². The number of rotatable bonds is 2. The van der Waals surface area contributed by atoms with Crippen LogP contribution in [0.4, 0.5) is 5.69 Å². The summed E-state index contributed by atoms with van der Waals surface area (Å²) in [6, 6.07) is 10.3. The molecule has 0 bridgehead atoms. The van der Waals surface area contributed by atoms with Gasteiger partial charge in [-0.25, -0.2) is 0 Å². The van der Waals surface area contributed by atoms with E-state index >= 15 is 0 Å². The first-order chi connectivity index (χ1) is 10.7. The molecule has 0 spiro atoms. The predicted octanol–water partition coefficient (Wildman–Crippen LogP) is 3.87. The fraction of sp³-hybridized carbons (Fsp3) is 0.278. The summed E-state index contributed by atoms with van der Waals surface area (Å²) in [7, 11) is 0. The van der Waals surface area contributed by atoms with Gasteiger partial charge in [0, 0.05) is 24.7 Å². The SMILES string of the molecule is N=C1CCc2cc(-c3cccnc3)ccc2N1C(=N)C1CC1. The van der Waals surface area contributed by atoms with E-state index in [2.05, 4.69) is 29.2 Å². The molecule has 1 aliphatic carbocycles. The average Bonchev–Trinajstić information content (AvgIpc) is 3.39. The summed E-state index contributed by atoms with van der Waals surface area (Å²) >= 11 is 0. The second kappa shape index (κ2) is 5.05. The molecule has 1 fully saturated rings. The quantitative estimate of drug-likeness (QED) is 0.651. The van der Waals surface area contributed by atoms with Crippen molar-refractivity contribution in [1.82, 2.24) is 4.98 Å². The van der Waals surface area contributed by atoms with Gasteiger partial charge in [0.05, 0.1) is 5.69 Å². The van der Waals surface area contributed by atoms with Crippen molar-refractivity contribution < 1.29 is 0 Å². The van der Waals surface area contributed by atoms with Crippen LogP contribution in [0.25, 0.3) is 11.1 Å². The number of aromatic nitrogens is 1. The third-order valence-electron chi connectivity index (χ3n) is 4.42. The summed E-state index contributed by atoms with van der Waals surface area (Å²) in [4.78, 5) is 6.03. The van der Waals surface area contributed by atoms with Crippen LogP contribution in [0.5, 0.6) is 0 Å².